The Bertz CT molecular complexity index is 675. The highest BCUT2D eigenvalue weighted by atomic mass is 19.4. The molecule has 2 aromatic rings. The molecule has 24 heavy (non-hydrogen) atoms. The molecule has 0 fully saturated rings. The highest BCUT2D eigenvalue weighted by molar-refractivity contribution is 5.82. The number of amides is 1. The van der Waals surface area contributed by atoms with E-state index in [1.165, 1.54) is 4.90 Å². The number of anilines is 1. The van der Waals surface area contributed by atoms with E-state index in [1.54, 1.807) is 43.4 Å². The lowest BCUT2D eigenvalue weighted by molar-refractivity contribution is -0.137. The Kier molecular flexibility index (Phi) is 5.68. The van der Waals surface area contributed by atoms with Crippen molar-refractivity contribution in [2.75, 3.05) is 25.0 Å². The number of alkyl halides is 3. The van der Waals surface area contributed by atoms with Crippen LogP contribution >= 0.6 is 0 Å². The highest BCUT2D eigenvalue weighted by Crippen LogP contribution is 2.31. The van der Waals surface area contributed by atoms with Crippen LogP contribution < -0.4 is 15.0 Å². The quantitative estimate of drug-likeness (QED) is 0.875. The Labute approximate surface area is 137 Å². The molecule has 4 nitrogen and oxygen atoms in total. The van der Waals surface area contributed by atoms with E-state index in [-0.39, 0.29) is 6.54 Å². The highest BCUT2D eigenvalue weighted by Gasteiger charge is 2.27. The van der Waals surface area contributed by atoms with Crippen LogP contribution in [-0.2, 0) is 4.79 Å². The average molecular weight is 338 g/mol. The van der Waals surface area contributed by atoms with Gasteiger partial charge in [-0.05, 0) is 24.3 Å². The maximum absolute atomic E-state index is 12.1. The van der Waals surface area contributed by atoms with Gasteiger partial charge in [-0.2, -0.15) is 13.2 Å². The molecule has 0 bridgehead atoms. The number of hydrogen-bond acceptors (Lipinski definition) is 3. The maximum Gasteiger partial charge on any atom is 0.405 e. The van der Waals surface area contributed by atoms with Gasteiger partial charge < -0.3 is 15.0 Å². The first kappa shape index (κ1) is 17.7. The topological polar surface area (TPSA) is 41.6 Å². The maximum atomic E-state index is 12.1. The van der Waals surface area contributed by atoms with E-state index in [4.69, 9.17) is 4.74 Å². The predicted octanol–water partition coefficient (Wildman–Crippen LogP) is 3.59. The Balaban J connectivity index is 2.04. The molecule has 2 aromatic carbocycles. The monoisotopic (exact) mass is 338 g/mol. The molecule has 128 valence electrons. The zero-order chi connectivity index (χ0) is 17.6. The Hall–Kier alpha value is -2.70. The number of carbonyl (C=O) groups is 1. The standard InChI is InChI=1S/C17H17F3N2O2/c1-22(11-16(23)21-12-17(18,19)20)14-9-5-6-10-15(14)24-13-7-3-2-4-8-13/h2-10H,11-12H2,1H3,(H,21,23). The van der Waals surface area contributed by atoms with E-state index < -0.39 is 18.6 Å². The van der Waals surface area contributed by atoms with Crippen molar-refractivity contribution in [1.82, 2.24) is 5.32 Å². The molecule has 0 aromatic heterocycles. The summed E-state index contributed by atoms with van der Waals surface area (Å²) >= 11 is 0. The summed E-state index contributed by atoms with van der Waals surface area (Å²) in [5, 5.41) is 1.85. The number of hydrogen-bond donors (Lipinski definition) is 1. The molecule has 2 rings (SSSR count). The molecule has 0 aliphatic heterocycles. The molecular formula is C17H17F3N2O2. The Morgan fingerprint density at radius 2 is 1.71 bits per heavy atom. The fourth-order valence-corrected chi connectivity index (χ4v) is 2.03. The minimum absolute atomic E-state index is 0.217. The molecule has 0 unspecified atom stereocenters. The van der Waals surface area contributed by atoms with Gasteiger partial charge in [-0.1, -0.05) is 30.3 Å². The smallest absolute Gasteiger partial charge is 0.405 e. The number of benzene rings is 2. The van der Waals surface area contributed by atoms with Crippen LogP contribution in [0.15, 0.2) is 54.6 Å². The summed E-state index contributed by atoms with van der Waals surface area (Å²) < 4.78 is 42.2. The number of nitrogens with one attached hydrogen (secondary N) is 1. The zero-order valence-corrected chi connectivity index (χ0v) is 13.0. The molecule has 0 aliphatic carbocycles. The first-order chi connectivity index (χ1) is 11.3. The molecule has 0 saturated heterocycles. The summed E-state index contributed by atoms with van der Waals surface area (Å²) in [6.45, 7) is -1.56. The van der Waals surface area contributed by atoms with Gasteiger partial charge in [0.05, 0.1) is 12.2 Å². The third-order valence-corrected chi connectivity index (χ3v) is 3.11. The molecule has 0 atom stereocenters. The van der Waals surface area contributed by atoms with Gasteiger partial charge in [0.15, 0.2) is 5.75 Å². The van der Waals surface area contributed by atoms with Crippen LogP contribution in [0.25, 0.3) is 0 Å². The number of carbonyl (C=O) groups excluding carboxylic acids is 1. The number of nitrogens with zero attached hydrogens (tertiary/aromatic N) is 1. The summed E-state index contributed by atoms with van der Waals surface area (Å²) in [5.74, 6) is 0.416. The average Bonchev–Trinajstić information content (AvgIpc) is 2.54. The second-order valence-corrected chi connectivity index (χ2v) is 5.13. The van der Waals surface area contributed by atoms with Gasteiger partial charge in [0.1, 0.15) is 12.3 Å². The van der Waals surface area contributed by atoms with Crippen molar-refractivity contribution in [3.63, 3.8) is 0 Å². The van der Waals surface area contributed by atoms with Crippen LogP contribution in [0.5, 0.6) is 11.5 Å². The Morgan fingerprint density at radius 1 is 1.08 bits per heavy atom. The van der Waals surface area contributed by atoms with Crippen LogP contribution in [0.1, 0.15) is 0 Å². The van der Waals surface area contributed by atoms with Gasteiger partial charge in [-0.3, -0.25) is 4.79 Å². The normalized spacial score (nSPS) is 11.0. The molecule has 0 aliphatic rings. The van der Waals surface area contributed by atoms with E-state index in [0.717, 1.165) is 0 Å². The van der Waals surface area contributed by atoms with Crippen LogP contribution in [0, 0.1) is 0 Å². The van der Waals surface area contributed by atoms with E-state index in [9.17, 15) is 18.0 Å². The number of likely N-dealkylation sites (N-methyl/N-ethyl adjacent to an activating group) is 1. The van der Waals surface area contributed by atoms with Crippen molar-refractivity contribution in [1.29, 1.82) is 0 Å². The van der Waals surface area contributed by atoms with Gasteiger partial charge in [0.25, 0.3) is 0 Å². The second-order valence-electron chi connectivity index (χ2n) is 5.13. The number of para-hydroxylation sites is 3. The minimum Gasteiger partial charge on any atom is -0.455 e. The fourth-order valence-electron chi connectivity index (χ4n) is 2.03. The lowest BCUT2D eigenvalue weighted by Crippen LogP contribution is -2.40. The van der Waals surface area contributed by atoms with Gasteiger partial charge in [-0.25, -0.2) is 0 Å². The lowest BCUT2D eigenvalue weighted by Gasteiger charge is -2.22. The van der Waals surface area contributed by atoms with Gasteiger partial charge in [-0.15, -0.1) is 0 Å². The predicted molar refractivity (Wildman–Crippen MR) is 85.3 cm³/mol. The third kappa shape index (κ3) is 5.49. The number of halogens is 3. The van der Waals surface area contributed by atoms with Crippen LogP contribution in [0.4, 0.5) is 18.9 Å². The molecule has 0 spiro atoms. The molecule has 0 heterocycles. The van der Waals surface area contributed by atoms with Crippen molar-refractivity contribution in [2.45, 2.75) is 6.18 Å². The first-order valence-corrected chi connectivity index (χ1v) is 7.22. The fraction of sp³-hybridized carbons (Fsp3) is 0.235. The van der Waals surface area contributed by atoms with Crippen molar-refractivity contribution < 1.29 is 22.7 Å². The second kappa shape index (κ2) is 7.72. The van der Waals surface area contributed by atoms with E-state index >= 15 is 0 Å². The summed E-state index contributed by atoms with van der Waals surface area (Å²) in [6, 6.07) is 16.1. The SMILES string of the molecule is CN(CC(=O)NCC(F)(F)F)c1ccccc1Oc1ccccc1. The van der Waals surface area contributed by atoms with Crippen molar-refractivity contribution >= 4 is 11.6 Å². The lowest BCUT2D eigenvalue weighted by atomic mass is 10.2. The molecule has 1 N–H and O–H groups in total. The molecule has 7 heteroatoms. The molecule has 0 saturated carbocycles. The van der Waals surface area contributed by atoms with Crippen molar-refractivity contribution in [2.24, 2.45) is 0 Å². The summed E-state index contributed by atoms with van der Waals surface area (Å²) in [4.78, 5) is 13.2. The zero-order valence-electron chi connectivity index (χ0n) is 13.0. The summed E-state index contributed by atoms with van der Waals surface area (Å²) in [5.41, 5.74) is 0.600. The number of rotatable bonds is 6. The van der Waals surface area contributed by atoms with Crippen LogP contribution in [0.2, 0.25) is 0 Å². The van der Waals surface area contributed by atoms with Crippen molar-refractivity contribution in [3.8, 4) is 11.5 Å². The summed E-state index contributed by atoms with van der Waals surface area (Å²) in [6.07, 6.45) is -4.43. The largest absolute Gasteiger partial charge is 0.455 e. The van der Waals surface area contributed by atoms with E-state index in [1.807, 2.05) is 23.5 Å². The third-order valence-electron chi connectivity index (χ3n) is 3.11. The summed E-state index contributed by atoms with van der Waals surface area (Å²) in [7, 11) is 1.61. The molecular weight excluding hydrogens is 321 g/mol. The molecule has 0 radical (unpaired) electrons. The Morgan fingerprint density at radius 3 is 2.38 bits per heavy atom. The van der Waals surface area contributed by atoms with E-state index in [0.29, 0.717) is 17.2 Å². The molecule has 1 amide bonds. The van der Waals surface area contributed by atoms with Gasteiger partial charge >= 0.3 is 6.18 Å². The van der Waals surface area contributed by atoms with Crippen molar-refractivity contribution in [3.05, 3.63) is 54.6 Å². The first-order valence-electron chi connectivity index (χ1n) is 7.22. The van der Waals surface area contributed by atoms with Crippen LogP contribution in [-0.4, -0.2) is 32.2 Å². The van der Waals surface area contributed by atoms with E-state index in [2.05, 4.69) is 0 Å². The van der Waals surface area contributed by atoms with Gasteiger partial charge in [0.2, 0.25) is 5.91 Å². The van der Waals surface area contributed by atoms with Gasteiger partial charge in [0, 0.05) is 7.05 Å². The van der Waals surface area contributed by atoms with Crippen LogP contribution in [0.3, 0.4) is 0 Å². The minimum atomic E-state index is -4.43. The number of ether oxygens (including phenoxy) is 1.